The number of urea groups is 1. The number of aryl methyl sites for hydroxylation is 1. The van der Waals surface area contributed by atoms with Crippen LogP contribution in [0.15, 0.2) is 66.1 Å². The van der Waals surface area contributed by atoms with E-state index < -0.39 is 16.1 Å². The Morgan fingerprint density at radius 2 is 1.61 bits per heavy atom. The lowest BCUT2D eigenvalue weighted by atomic mass is 9.91. The van der Waals surface area contributed by atoms with E-state index in [9.17, 15) is 13.2 Å². The molecule has 0 aromatic heterocycles. The monoisotopic (exact) mass is 398 g/mol. The van der Waals surface area contributed by atoms with Gasteiger partial charge < -0.3 is 4.90 Å². The molecule has 2 aromatic carbocycles. The van der Waals surface area contributed by atoms with Crippen molar-refractivity contribution in [3.63, 3.8) is 0 Å². The quantitative estimate of drug-likeness (QED) is 0.798. The van der Waals surface area contributed by atoms with Gasteiger partial charge in [0.05, 0.1) is 5.41 Å². The number of sulfonamides is 1. The van der Waals surface area contributed by atoms with Gasteiger partial charge in [-0.2, -0.15) is 0 Å². The Labute approximate surface area is 167 Å². The minimum Gasteiger partial charge on any atom is -0.324 e. The van der Waals surface area contributed by atoms with Gasteiger partial charge in [-0.15, -0.1) is 0 Å². The Kier molecular flexibility index (Phi) is 6.87. The summed E-state index contributed by atoms with van der Waals surface area (Å²) in [4.78, 5) is 13.9. The van der Waals surface area contributed by atoms with E-state index in [1.165, 1.54) is 11.6 Å². The normalized spacial score (nSPS) is 15.6. The molecule has 148 valence electrons. The molecule has 1 heterocycles. The van der Waals surface area contributed by atoms with Crippen LogP contribution in [0, 0.1) is 5.92 Å². The fraction of sp³-hybridized carbons (Fsp3) is 0.318. The molecule has 1 saturated heterocycles. The van der Waals surface area contributed by atoms with E-state index in [1.54, 1.807) is 17.0 Å². The van der Waals surface area contributed by atoms with E-state index in [1.807, 2.05) is 24.3 Å². The van der Waals surface area contributed by atoms with E-state index in [-0.39, 0.29) is 0 Å². The Balaban J connectivity index is 1.45. The van der Waals surface area contributed by atoms with Crippen LogP contribution >= 0.6 is 0 Å². The highest BCUT2D eigenvalue weighted by Crippen LogP contribution is 2.22. The number of carbonyl (C=O) groups excluding carboxylic acids is 1. The highest BCUT2D eigenvalue weighted by Gasteiger charge is 2.24. The first kappa shape index (κ1) is 20.1. The van der Waals surface area contributed by atoms with Crippen LogP contribution in [0.4, 0.5) is 4.79 Å². The fourth-order valence-electron chi connectivity index (χ4n) is 3.39. The molecule has 1 aliphatic heterocycles. The van der Waals surface area contributed by atoms with Crippen LogP contribution in [-0.2, 0) is 16.4 Å². The highest BCUT2D eigenvalue weighted by atomic mass is 32.2. The zero-order valence-electron chi connectivity index (χ0n) is 15.8. The second-order valence-electron chi connectivity index (χ2n) is 7.12. The van der Waals surface area contributed by atoms with Crippen LogP contribution in [-0.4, -0.2) is 32.4 Å². The number of amides is 2. The summed E-state index contributed by atoms with van der Waals surface area (Å²) in [6, 6.07) is 19.0. The number of nitrogens with zero attached hydrogens (tertiary/aromatic N) is 1. The summed E-state index contributed by atoms with van der Waals surface area (Å²) >= 11 is 0. The van der Waals surface area contributed by atoms with Gasteiger partial charge in [0.1, 0.15) is 0 Å². The smallest absolute Gasteiger partial charge is 0.324 e. The molecule has 0 aliphatic carbocycles. The van der Waals surface area contributed by atoms with Gasteiger partial charge in [-0.05, 0) is 48.8 Å². The summed E-state index contributed by atoms with van der Waals surface area (Å²) in [5.41, 5.74) is 2.10. The van der Waals surface area contributed by atoms with E-state index in [2.05, 4.69) is 29.0 Å². The molecule has 28 heavy (non-hydrogen) atoms. The average molecular weight is 399 g/mol. The number of hydrogen-bond donors (Lipinski definition) is 1. The Bertz CT molecular complexity index is 888. The minimum atomic E-state index is -3.81. The second kappa shape index (κ2) is 9.55. The summed E-state index contributed by atoms with van der Waals surface area (Å²) in [5.74, 6) is 0.568. The Morgan fingerprint density at radius 3 is 2.25 bits per heavy atom. The van der Waals surface area contributed by atoms with E-state index in [0.717, 1.165) is 36.7 Å². The maximum absolute atomic E-state index is 12.3. The predicted octanol–water partition coefficient (Wildman–Crippen LogP) is 4.04. The lowest BCUT2D eigenvalue weighted by Gasteiger charge is -2.31. The van der Waals surface area contributed by atoms with E-state index in [4.69, 9.17) is 0 Å². The number of nitrogens with one attached hydrogen (secondary N) is 1. The van der Waals surface area contributed by atoms with Crippen LogP contribution < -0.4 is 4.72 Å². The van der Waals surface area contributed by atoms with Gasteiger partial charge in [0.25, 0.3) is 10.0 Å². The van der Waals surface area contributed by atoms with E-state index >= 15 is 0 Å². The van der Waals surface area contributed by atoms with Gasteiger partial charge in [0.15, 0.2) is 0 Å². The molecule has 2 aromatic rings. The number of carbonyl (C=O) groups is 1. The maximum atomic E-state index is 12.3. The van der Waals surface area contributed by atoms with Gasteiger partial charge in [-0.1, -0.05) is 60.7 Å². The summed E-state index contributed by atoms with van der Waals surface area (Å²) in [7, 11) is -3.81. The van der Waals surface area contributed by atoms with Crippen molar-refractivity contribution >= 4 is 22.1 Å². The molecule has 1 aliphatic rings. The molecular weight excluding hydrogens is 372 g/mol. The van der Waals surface area contributed by atoms with Crippen molar-refractivity contribution in [3.8, 4) is 0 Å². The molecule has 2 amide bonds. The molecule has 0 saturated carbocycles. The maximum Gasteiger partial charge on any atom is 0.331 e. The van der Waals surface area contributed by atoms with Crippen LogP contribution in [0.1, 0.15) is 30.4 Å². The molecule has 0 radical (unpaired) electrons. The minimum absolute atomic E-state index is 0.542. The van der Waals surface area contributed by atoms with Gasteiger partial charge in [-0.25, -0.2) is 17.9 Å². The summed E-state index contributed by atoms with van der Waals surface area (Å²) < 4.78 is 26.4. The number of benzene rings is 2. The van der Waals surface area contributed by atoms with Gasteiger partial charge >= 0.3 is 6.03 Å². The number of likely N-dealkylation sites (tertiary alicyclic amines) is 1. The molecule has 0 spiro atoms. The lowest BCUT2D eigenvalue weighted by molar-refractivity contribution is 0.173. The van der Waals surface area contributed by atoms with Crippen molar-refractivity contribution < 1.29 is 13.2 Å². The molecule has 1 N–H and O–H groups in total. The Hall–Kier alpha value is -2.60. The van der Waals surface area contributed by atoms with E-state index in [0.29, 0.717) is 19.0 Å². The number of rotatable bonds is 6. The first-order valence-corrected chi connectivity index (χ1v) is 11.2. The summed E-state index contributed by atoms with van der Waals surface area (Å²) in [6.07, 6.45) is 5.42. The zero-order chi connectivity index (χ0) is 19.8. The topological polar surface area (TPSA) is 66.5 Å². The molecule has 1 fully saturated rings. The Morgan fingerprint density at radius 1 is 1.00 bits per heavy atom. The summed E-state index contributed by atoms with van der Waals surface area (Å²) in [5, 5.41) is 1.03. The van der Waals surface area contributed by atoms with Crippen LogP contribution in [0.25, 0.3) is 6.08 Å². The SMILES string of the molecule is O=C(NS(=O)(=O)/C=C/c1ccccc1)N1CCC(CCc2ccccc2)CC1. The molecule has 5 nitrogen and oxygen atoms in total. The van der Waals surface area contributed by atoms with Gasteiger partial charge in [-0.3, -0.25) is 0 Å². The second-order valence-corrected chi connectivity index (χ2v) is 8.69. The van der Waals surface area contributed by atoms with Crippen molar-refractivity contribution in [3.05, 3.63) is 77.2 Å². The third kappa shape index (κ3) is 6.23. The summed E-state index contributed by atoms with van der Waals surface area (Å²) in [6.45, 7) is 1.17. The standard InChI is InChI=1S/C22H26N2O3S/c25-22(23-28(26,27)18-15-20-9-5-2-6-10-20)24-16-13-21(14-17-24)12-11-19-7-3-1-4-8-19/h1-10,15,18,21H,11-14,16-17H2,(H,23,25)/b18-15+. The fourth-order valence-corrected chi connectivity index (χ4v) is 4.17. The first-order valence-electron chi connectivity index (χ1n) is 9.61. The van der Waals surface area contributed by atoms with Crippen LogP contribution in [0.2, 0.25) is 0 Å². The van der Waals surface area contributed by atoms with Crippen LogP contribution in [0.5, 0.6) is 0 Å². The molecule has 6 heteroatoms. The van der Waals surface area contributed by atoms with Crippen molar-refractivity contribution in [1.29, 1.82) is 0 Å². The third-order valence-corrected chi connectivity index (χ3v) is 6.01. The van der Waals surface area contributed by atoms with Crippen molar-refractivity contribution in [2.45, 2.75) is 25.7 Å². The van der Waals surface area contributed by atoms with Gasteiger partial charge in [0.2, 0.25) is 0 Å². The third-order valence-electron chi connectivity index (χ3n) is 5.05. The zero-order valence-corrected chi connectivity index (χ0v) is 16.6. The first-order chi connectivity index (χ1) is 13.5. The molecule has 0 atom stereocenters. The molecular formula is C22H26N2O3S. The highest BCUT2D eigenvalue weighted by molar-refractivity contribution is 7.93. The molecule has 0 unspecified atom stereocenters. The number of piperidine rings is 1. The van der Waals surface area contributed by atoms with Crippen molar-refractivity contribution in [2.24, 2.45) is 5.92 Å². The van der Waals surface area contributed by atoms with Crippen molar-refractivity contribution in [1.82, 2.24) is 9.62 Å². The predicted molar refractivity (Wildman–Crippen MR) is 112 cm³/mol. The number of hydrogen-bond acceptors (Lipinski definition) is 3. The van der Waals surface area contributed by atoms with Crippen LogP contribution in [0.3, 0.4) is 0 Å². The largest absolute Gasteiger partial charge is 0.331 e. The average Bonchev–Trinajstić information content (AvgIpc) is 2.72. The van der Waals surface area contributed by atoms with Crippen molar-refractivity contribution in [2.75, 3.05) is 13.1 Å². The lowest BCUT2D eigenvalue weighted by Crippen LogP contribution is -2.46. The molecule has 0 bridgehead atoms. The molecule has 3 rings (SSSR count). The van der Waals surface area contributed by atoms with Gasteiger partial charge in [0, 0.05) is 13.1 Å².